The summed E-state index contributed by atoms with van der Waals surface area (Å²) in [5.74, 6) is 1.74. The maximum atomic E-state index is 14.2. The maximum absolute atomic E-state index is 14.2. The van der Waals surface area contributed by atoms with E-state index in [9.17, 15) is 14.7 Å². The molecule has 2 N–H and O–H groups in total. The summed E-state index contributed by atoms with van der Waals surface area (Å²) in [5.41, 5.74) is 2.82. The molecule has 0 aromatic carbocycles. The molecule has 0 radical (unpaired) electrons. The van der Waals surface area contributed by atoms with Gasteiger partial charge in [-0.25, -0.2) is 0 Å². The summed E-state index contributed by atoms with van der Waals surface area (Å²) in [6, 6.07) is 3.88. The molecular weight excluding hydrogens is 508 g/mol. The predicted octanol–water partition coefficient (Wildman–Crippen LogP) is 7.04. The van der Waals surface area contributed by atoms with Crippen molar-refractivity contribution in [3.8, 4) is 0 Å². The van der Waals surface area contributed by atoms with E-state index in [0.29, 0.717) is 24.8 Å². The van der Waals surface area contributed by atoms with Crippen LogP contribution < -0.4 is 5.32 Å². The van der Waals surface area contributed by atoms with Crippen molar-refractivity contribution < 1.29 is 14.7 Å². The highest BCUT2D eigenvalue weighted by atomic mass is 16.3. The molecule has 5 aliphatic carbocycles. The summed E-state index contributed by atoms with van der Waals surface area (Å²) in [4.78, 5) is 32.1. The van der Waals surface area contributed by atoms with E-state index in [-0.39, 0.29) is 51.3 Å². The second-order valence-corrected chi connectivity index (χ2v) is 16.2. The molecule has 1 amide bonds. The number of nitrogens with one attached hydrogen (secondary N) is 1. The topological polar surface area (TPSA) is 79.3 Å². The predicted molar refractivity (Wildman–Crippen MR) is 162 cm³/mol. The molecule has 1 aromatic rings. The molecule has 5 heteroatoms. The van der Waals surface area contributed by atoms with Crippen molar-refractivity contribution in [3.63, 3.8) is 0 Å². The molecule has 41 heavy (non-hydrogen) atoms. The number of aliphatic hydroxyl groups is 1. The fourth-order valence-electron chi connectivity index (χ4n) is 11.7. The number of carbonyl (C=O) groups is 2. The molecule has 0 saturated heterocycles. The van der Waals surface area contributed by atoms with Gasteiger partial charge in [0.1, 0.15) is 0 Å². The lowest BCUT2D eigenvalue weighted by Crippen LogP contribution is -2.66. The summed E-state index contributed by atoms with van der Waals surface area (Å²) in [6.45, 7) is 17.0. The number of nitrogens with zero attached hydrogens (tertiary/aromatic N) is 1. The monoisotopic (exact) mass is 560 g/mol. The molecule has 6 rings (SSSR count). The lowest BCUT2D eigenvalue weighted by atomic mass is 9.33. The van der Waals surface area contributed by atoms with Gasteiger partial charge < -0.3 is 10.4 Å². The minimum Gasteiger partial charge on any atom is -0.393 e. The average Bonchev–Trinajstić information content (AvgIpc) is 3.24. The first kappa shape index (κ1) is 29.1. The number of aliphatic hydroxyl groups excluding tert-OH is 1. The summed E-state index contributed by atoms with van der Waals surface area (Å²) in [7, 11) is 0. The summed E-state index contributed by atoms with van der Waals surface area (Å²) >= 11 is 0. The Balaban J connectivity index is 1.38. The fraction of sp³-hybridized carbons (Fsp3) is 0.750. The molecule has 8 atom stereocenters. The van der Waals surface area contributed by atoms with Crippen molar-refractivity contribution in [2.75, 3.05) is 0 Å². The van der Waals surface area contributed by atoms with Crippen molar-refractivity contribution in [1.82, 2.24) is 10.3 Å². The minimum absolute atomic E-state index is 0.0407. The lowest BCUT2D eigenvalue weighted by Gasteiger charge is -2.72. The molecule has 2 unspecified atom stereocenters. The molecule has 0 bridgehead atoms. The van der Waals surface area contributed by atoms with Gasteiger partial charge in [0.15, 0.2) is 5.78 Å². The van der Waals surface area contributed by atoms with Crippen LogP contribution in [-0.4, -0.2) is 27.9 Å². The maximum Gasteiger partial charge on any atom is 0.231 e. The summed E-state index contributed by atoms with van der Waals surface area (Å²) in [5, 5.41) is 14.3. The third-order valence-electron chi connectivity index (χ3n) is 14.0. The van der Waals surface area contributed by atoms with E-state index in [4.69, 9.17) is 0 Å². The van der Waals surface area contributed by atoms with E-state index in [1.165, 1.54) is 12.0 Å². The SMILES string of the molecule is CC(C)C1=C2[C@H]3CCC4[C@@]5(C)CC[C@H](O)C(C)(C)C5CC[C@@]4(C)[C@]3(C)CC[C@@]2(C(=O)NCc2ccncc2)CC1=O. The zero-order valence-corrected chi connectivity index (χ0v) is 26.5. The van der Waals surface area contributed by atoms with Crippen molar-refractivity contribution in [2.45, 2.75) is 119 Å². The highest BCUT2D eigenvalue weighted by Gasteiger charge is 2.70. The Labute approximate surface area is 247 Å². The quantitative estimate of drug-likeness (QED) is 0.414. The first-order valence-corrected chi connectivity index (χ1v) is 16.4. The van der Waals surface area contributed by atoms with Crippen LogP contribution in [0.2, 0.25) is 0 Å². The van der Waals surface area contributed by atoms with Crippen LogP contribution in [0, 0.1) is 50.7 Å². The van der Waals surface area contributed by atoms with Gasteiger partial charge in [0.25, 0.3) is 0 Å². The molecule has 0 spiro atoms. The number of Topliss-reactive ketones (excluding diaryl/α,β-unsaturated/α-hetero) is 1. The Hall–Kier alpha value is -2.01. The number of rotatable bonds is 4. The Morgan fingerprint density at radius 3 is 2.34 bits per heavy atom. The molecular formula is C36H52N2O3. The first-order chi connectivity index (χ1) is 19.2. The number of allylic oxidation sites excluding steroid dienone is 1. The number of carbonyl (C=O) groups excluding carboxylic acids is 2. The van der Waals surface area contributed by atoms with Crippen molar-refractivity contribution in [3.05, 3.63) is 41.2 Å². The number of pyridine rings is 1. The van der Waals surface area contributed by atoms with E-state index in [1.54, 1.807) is 12.4 Å². The molecule has 4 saturated carbocycles. The summed E-state index contributed by atoms with van der Waals surface area (Å²) in [6.07, 6.45) is 11.9. The first-order valence-electron chi connectivity index (χ1n) is 16.4. The number of hydrogen-bond donors (Lipinski definition) is 2. The minimum atomic E-state index is -0.713. The molecule has 4 fully saturated rings. The number of ketones is 1. The normalized spacial score (nSPS) is 43.2. The standard InChI is InChI=1S/C36H52N2O3/c1-22(2)29-25(39)20-36(31(41)38-21-23-12-18-37-19-13-23)17-16-34(6)24(30(29)36)8-9-27-33(5)14-11-28(40)32(3,4)26(33)10-15-35(27,34)7/h12-13,18-19,22,24,26-28,40H,8-11,14-17,20-21H2,1-7H3,(H,38,41)/t24-,26?,27?,28+,33+,34-,35-,36-/m1/s1. The molecule has 0 aliphatic heterocycles. The van der Waals surface area contributed by atoms with Crippen LogP contribution in [0.15, 0.2) is 35.7 Å². The van der Waals surface area contributed by atoms with Crippen LogP contribution in [0.4, 0.5) is 0 Å². The largest absolute Gasteiger partial charge is 0.393 e. The highest BCUT2D eigenvalue weighted by molar-refractivity contribution is 6.06. The van der Waals surface area contributed by atoms with Crippen LogP contribution in [0.1, 0.15) is 112 Å². The molecule has 224 valence electrons. The van der Waals surface area contributed by atoms with E-state index in [0.717, 1.165) is 56.1 Å². The summed E-state index contributed by atoms with van der Waals surface area (Å²) < 4.78 is 0. The van der Waals surface area contributed by atoms with Crippen LogP contribution in [0.3, 0.4) is 0 Å². The third-order valence-corrected chi connectivity index (χ3v) is 14.0. The molecule has 5 nitrogen and oxygen atoms in total. The fourth-order valence-corrected chi connectivity index (χ4v) is 11.7. The zero-order valence-electron chi connectivity index (χ0n) is 26.5. The molecule has 5 aliphatic rings. The zero-order chi connectivity index (χ0) is 29.6. The van der Waals surface area contributed by atoms with Crippen LogP contribution in [0.25, 0.3) is 0 Å². The van der Waals surface area contributed by atoms with Gasteiger partial charge in [0.05, 0.1) is 11.5 Å². The number of fused-ring (bicyclic) bond motifs is 7. The van der Waals surface area contributed by atoms with Crippen molar-refractivity contribution >= 4 is 11.7 Å². The Kier molecular flexibility index (Phi) is 6.73. The van der Waals surface area contributed by atoms with E-state index < -0.39 is 5.41 Å². The van der Waals surface area contributed by atoms with E-state index in [1.807, 2.05) is 12.1 Å². The number of amides is 1. The second-order valence-electron chi connectivity index (χ2n) is 16.2. The van der Waals surface area contributed by atoms with Crippen LogP contribution in [0.5, 0.6) is 0 Å². The van der Waals surface area contributed by atoms with Crippen molar-refractivity contribution in [2.24, 2.45) is 50.7 Å². The number of aromatic nitrogens is 1. The van der Waals surface area contributed by atoms with Crippen molar-refractivity contribution in [1.29, 1.82) is 0 Å². The lowest BCUT2D eigenvalue weighted by molar-refractivity contribution is -0.228. The van der Waals surface area contributed by atoms with Gasteiger partial charge >= 0.3 is 0 Å². The van der Waals surface area contributed by atoms with Gasteiger partial charge in [0.2, 0.25) is 5.91 Å². The Morgan fingerprint density at radius 1 is 0.951 bits per heavy atom. The average molecular weight is 561 g/mol. The Bertz CT molecular complexity index is 1270. The molecule has 1 aromatic heterocycles. The van der Waals surface area contributed by atoms with Crippen LogP contribution >= 0.6 is 0 Å². The Morgan fingerprint density at radius 2 is 1.66 bits per heavy atom. The van der Waals surface area contributed by atoms with Crippen LogP contribution in [-0.2, 0) is 16.1 Å². The van der Waals surface area contributed by atoms with E-state index >= 15 is 0 Å². The van der Waals surface area contributed by atoms with Gasteiger partial charge in [-0.05, 0) is 126 Å². The van der Waals surface area contributed by atoms with Gasteiger partial charge in [-0.1, -0.05) is 48.5 Å². The van der Waals surface area contributed by atoms with Gasteiger partial charge in [-0.3, -0.25) is 14.6 Å². The van der Waals surface area contributed by atoms with Gasteiger partial charge in [0, 0.05) is 25.4 Å². The van der Waals surface area contributed by atoms with Gasteiger partial charge in [-0.2, -0.15) is 0 Å². The number of hydrogen-bond acceptors (Lipinski definition) is 4. The highest BCUT2D eigenvalue weighted by Crippen LogP contribution is 2.76. The van der Waals surface area contributed by atoms with E-state index in [2.05, 4.69) is 58.8 Å². The second kappa shape index (κ2) is 9.49. The smallest absolute Gasteiger partial charge is 0.231 e. The third kappa shape index (κ3) is 3.85. The molecule has 1 heterocycles. The van der Waals surface area contributed by atoms with Gasteiger partial charge in [-0.15, -0.1) is 0 Å².